The minimum absolute atomic E-state index is 0.240. The van der Waals surface area contributed by atoms with E-state index in [4.69, 9.17) is 5.73 Å². The van der Waals surface area contributed by atoms with Gasteiger partial charge in [0.15, 0.2) is 0 Å². The Hall–Kier alpha value is -1.88. The van der Waals surface area contributed by atoms with E-state index < -0.39 is 0 Å². The van der Waals surface area contributed by atoms with Crippen LogP contribution in [0.3, 0.4) is 0 Å². The predicted octanol–water partition coefficient (Wildman–Crippen LogP) is 3.57. The van der Waals surface area contributed by atoms with Crippen molar-refractivity contribution in [3.05, 3.63) is 58.4 Å². The van der Waals surface area contributed by atoms with E-state index in [1.54, 1.807) is 23.0 Å². The van der Waals surface area contributed by atoms with Crippen LogP contribution in [0.25, 0.3) is 10.9 Å². The Labute approximate surface area is 118 Å². The van der Waals surface area contributed by atoms with Gasteiger partial charge in [-0.1, -0.05) is 15.9 Å². The van der Waals surface area contributed by atoms with Gasteiger partial charge in [-0.2, -0.15) is 5.10 Å². The van der Waals surface area contributed by atoms with Crippen molar-refractivity contribution in [1.29, 1.82) is 0 Å². The van der Waals surface area contributed by atoms with Gasteiger partial charge in [-0.25, -0.2) is 4.39 Å². The van der Waals surface area contributed by atoms with Crippen LogP contribution >= 0.6 is 15.9 Å². The fourth-order valence-corrected chi connectivity index (χ4v) is 2.45. The maximum Gasteiger partial charge on any atom is 0.128 e. The molecule has 0 radical (unpaired) electrons. The van der Waals surface area contributed by atoms with Gasteiger partial charge in [0.2, 0.25) is 0 Å². The van der Waals surface area contributed by atoms with Crippen molar-refractivity contribution in [3.8, 4) is 0 Å². The highest BCUT2D eigenvalue weighted by Crippen LogP contribution is 2.20. The molecule has 0 bridgehead atoms. The van der Waals surface area contributed by atoms with Crippen LogP contribution in [0.2, 0.25) is 0 Å². The van der Waals surface area contributed by atoms with Crippen LogP contribution in [-0.4, -0.2) is 9.78 Å². The molecule has 2 aromatic carbocycles. The van der Waals surface area contributed by atoms with Crippen molar-refractivity contribution >= 4 is 32.5 Å². The number of rotatable bonds is 2. The highest BCUT2D eigenvalue weighted by atomic mass is 79.9. The minimum Gasteiger partial charge on any atom is -0.399 e. The number of anilines is 1. The first kappa shape index (κ1) is 12.2. The zero-order chi connectivity index (χ0) is 13.4. The summed E-state index contributed by atoms with van der Waals surface area (Å²) < 4.78 is 16.3. The van der Waals surface area contributed by atoms with Crippen molar-refractivity contribution in [3.63, 3.8) is 0 Å². The zero-order valence-corrected chi connectivity index (χ0v) is 11.6. The van der Waals surface area contributed by atoms with Crippen molar-refractivity contribution in [2.45, 2.75) is 6.54 Å². The number of fused-ring (bicyclic) bond motifs is 1. The molecule has 96 valence electrons. The van der Waals surface area contributed by atoms with Gasteiger partial charge >= 0.3 is 0 Å². The molecule has 0 aliphatic rings. The lowest BCUT2D eigenvalue weighted by atomic mass is 10.2. The number of nitrogens with zero attached hydrogens (tertiary/aromatic N) is 2. The van der Waals surface area contributed by atoms with Crippen molar-refractivity contribution in [1.82, 2.24) is 9.78 Å². The molecule has 0 amide bonds. The second-order valence-corrected chi connectivity index (χ2v) is 5.27. The molecule has 2 N–H and O–H groups in total. The van der Waals surface area contributed by atoms with Crippen LogP contribution in [0.1, 0.15) is 5.56 Å². The molecule has 3 nitrogen and oxygen atoms in total. The zero-order valence-electron chi connectivity index (χ0n) is 9.98. The Balaban J connectivity index is 2.05. The molecule has 0 spiro atoms. The molecule has 1 aromatic heterocycles. The van der Waals surface area contributed by atoms with Crippen LogP contribution in [-0.2, 0) is 6.54 Å². The molecule has 0 atom stereocenters. The van der Waals surface area contributed by atoms with E-state index in [0.717, 1.165) is 15.4 Å². The van der Waals surface area contributed by atoms with E-state index in [2.05, 4.69) is 21.0 Å². The van der Waals surface area contributed by atoms with Gasteiger partial charge in [0, 0.05) is 21.1 Å². The third kappa shape index (κ3) is 2.33. The van der Waals surface area contributed by atoms with Gasteiger partial charge in [-0.3, -0.25) is 4.68 Å². The van der Waals surface area contributed by atoms with Crippen molar-refractivity contribution in [2.75, 3.05) is 5.73 Å². The molecule has 0 aliphatic heterocycles. The predicted molar refractivity (Wildman–Crippen MR) is 77.3 cm³/mol. The van der Waals surface area contributed by atoms with Crippen LogP contribution in [0.5, 0.6) is 0 Å². The summed E-state index contributed by atoms with van der Waals surface area (Å²) in [4.78, 5) is 0. The standard InChI is InChI=1S/C14H11BrFN3/c15-11-2-4-13(16)10(5-11)8-19-14-6-12(17)3-1-9(14)7-18-19/h1-7H,8,17H2. The van der Waals surface area contributed by atoms with Gasteiger partial charge in [0.25, 0.3) is 0 Å². The Morgan fingerprint density at radius 2 is 2.05 bits per heavy atom. The van der Waals surface area contributed by atoms with E-state index in [-0.39, 0.29) is 5.82 Å². The molecule has 0 fully saturated rings. The number of halogens is 2. The Morgan fingerprint density at radius 1 is 1.21 bits per heavy atom. The highest BCUT2D eigenvalue weighted by molar-refractivity contribution is 9.10. The van der Waals surface area contributed by atoms with Crippen LogP contribution < -0.4 is 5.73 Å². The summed E-state index contributed by atoms with van der Waals surface area (Å²) in [6.07, 6.45) is 1.75. The molecule has 3 rings (SSSR count). The first-order valence-electron chi connectivity index (χ1n) is 5.78. The van der Waals surface area contributed by atoms with Crippen molar-refractivity contribution < 1.29 is 4.39 Å². The smallest absolute Gasteiger partial charge is 0.128 e. The lowest BCUT2D eigenvalue weighted by molar-refractivity contribution is 0.590. The Bertz CT molecular complexity index is 752. The Kier molecular flexibility index (Phi) is 2.98. The van der Waals surface area contributed by atoms with Crippen LogP contribution in [0.15, 0.2) is 47.1 Å². The molecule has 1 heterocycles. The molecular formula is C14H11BrFN3. The number of benzene rings is 2. The number of hydrogen-bond donors (Lipinski definition) is 1. The van der Waals surface area contributed by atoms with Crippen LogP contribution in [0.4, 0.5) is 10.1 Å². The van der Waals surface area contributed by atoms with E-state index in [1.165, 1.54) is 6.07 Å². The summed E-state index contributed by atoms with van der Waals surface area (Å²) in [5, 5.41) is 5.27. The first-order chi connectivity index (χ1) is 9.13. The third-order valence-electron chi connectivity index (χ3n) is 3.00. The summed E-state index contributed by atoms with van der Waals surface area (Å²) in [7, 11) is 0. The lowest BCUT2D eigenvalue weighted by Crippen LogP contribution is -2.03. The van der Waals surface area contributed by atoms with Crippen molar-refractivity contribution in [2.24, 2.45) is 0 Å². The number of hydrogen-bond acceptors (Lipinski definition) is 2. The van der Waals surface area contributed by atoms with E-state index in [0.29, 0.717) is 17.8 Å². The average molecular weight is 320 g/mol. The quantitative estimate of drug-likeness (QED) is 0.734. The fraction of sp³-hybridized carbons (Fsp3) is 0.0714. The molecule has 0 aliphatic carbocycles. The average Bonchev–Trinajstić information content (AvgIpc) is 2.77. The monoisotopic (exact) mass is 319 g/mol. The number of nitrogen functional groups attached to an aromatic ring is 1. The summed E-state index contributed by atoms with van der Waals surface area (Å²) in [5.74, 6) is -0.240. The molecule has 0 saturated heterocycles. The first-order valence-corrected chi connectivity index (χ1v) is 6.58. The summed E-state index contributed by atoms with van der Waals surface area (Å²) >= 11 is 3.35. The second-order valence-electron chi connectivity index (χ2n) is 4.36. The molecule has 19 heavy (non-hydrogen) atoms. The highest BCUT2D eigenvalue weighted by Gasteiger charge is 2.08. The summed E-state index contributed by atoms with van der Waals surface area (Å²) in [5.41, 5.74) is 7.93. The Morgan fingerprint density at radius 3 is 2.89 bits per heavy atom. The molecular weight excluding hydrogens is 309 g/mol. The van der Waals surface area contributed by atoms with Gasteiger partial charge in [0.05, 0.1) is 18.3 Å². The van der Waals surface area contributed by atoms with Gasteiger partial charge < -0.3 is 5.73 Å². The minimum atomic E-state index is -0.240. The third-order valence-corrected chi connectivity index (χ3v) is 3.49. The van der Waals surface area contributed by atoms with Gasteiger partial charge in [0.1, 0.15) is 5.82 Å². The molecule has 0 unspecified atom stereocenters. The largest absolute Gasteiger partial charge is 0.399 e. The topological polar surface area (TPSA) is 43.8 Å². The second kappa shape index (κ2) is 4.66. The molecule has 0 saturated carbocycles. The maximum absolute atomic E-state index is 13.8. The van der Waals surface area contributed by atoms with E-state index >= 15 is 0 Å². The molecule has 5 heteroatoms. The van der Waals surface area contributed by atoms with Crippen LogP contribution in [0, 0.1) is 5.82 Å². The van der Waals surface area contributed by atoms with Gasteiger partial charge in [-0.15, -0.1) is 0 Å². The maximum atomic E-state index is 13.8. The fourth-order valence-electron chi connectivity index (χ4n) is 2.04. The number of aromatic nitrogens is 2. The van der Waals surface area contributed by atoms with E-state index in [9.17, 15) is 4.39 Å². The SMILES string of the molecule is Nc1ccc2cnn(Cc3cc(Br)ccc3F)c2c1. The van der Waals surface area contributed by atoms with Gasteiger partial charge in [-0.05, 0) is 36.4 Å². The normalized spacial score (nSPS) is 11.1. The number of nitrogens with two attached hydrogens (primary N) is 1. The van der Waals surface area contributed by atoms with E-state index in [1.807, 2.05) is 18.2 Å². The summed E-state index contributed by atoms with van der Waals surface area (Å²) in [6, 6.07) is 10.5. The summed E-state index contributed by atoms with van der Waals surface area (Å²) in [6.45, 7) is 0.373. The molecule has 3 aromatic rings. The lowest BCUT2D eigenvalue weighted by Gasteiger charge is -2.06.